The summed E-state index contributed by atoms with van der Waals surface area (Å²) in [6.07, 6.45) is 3.08. The van der Waals surface area contributed by atoms with E-state index in [9.17, 15) is 0 Å². The highest BCUT2D eigenvalue weighted by Gasteiger charge is 2.23. The fourth-order valence-electron chi connectivity index (χ4n) is 3.79. The number of morpholine rings is 1. The van der Waals surface area contributed by atoms with Gasteiger partial charge in [-0.05, 0) is 37.1 Å². The summed E-state index contributed by atoms with van der Waals surface area (Å²) in [5.74, 6) is 0.849. The third kappa shape index (κ3) is 4.00. The molecule has 0 aliphatic carbocycles. The first-order chi connectivity index (χ1) is 12.8. The van der Waals surface area contributed by atoms with Gasteiger partial charge in [-0.2, -0.15) is 0 Å². The van der Waals surface area contributed by atoms with E-state index in [1.54, 1.807) is 6.20 Å². The van der Waals surface area contributed by atoms with Crippen LogP contribution in [-0.4, -0.2) is 61.9 Å². The number of benzene rings is 1. The number of rotatable bonds is 6. The highest BCUT2D eigenvalue weighted by molar-refractivity contribution is 5.57. The third-order valence-electron chi connectivity index (χ3n) is 5.28. The molecule has 0 bridgehead atoms. The van der Waals surface area contributed by atoms with Crippen molar-refractivity contribution >= 4 is 5.69 Å². The molecule has 5 nitrogen and oxygen atoms in total. The summed E-state index contributed by atoms with van der Waals surface area (Å²) in [4.78, 5) is 9.27. The number of ether oxygens (including phenoxy) is 2. The normalized spacial score (nSPS) is 20.2. The molecule has 138 valence electrons. The lowest BCUT2D eigenvalue weighted by Gasteiger charge is -2.34. The second kappa shape index (κ2) is 8.06. The summed E-state index contributed by atoms with van der Waals surface area (Å²) in [7, 11) is 0. The SMILES string of the molecule is Cc1ncccc1OCC1CN(CCN2CCc3ccccc32)CCO1. The zero-order valence-corrected chi connectivity index (χ0v) is 15.4. The quantitative estimate of drug-likeness (QED) is 0.798. The Balaban J connectivity index is 1.26. The first-order valence-corrected chi connectivity index (χ1v) is 9.51. The fourth-order valence-corrected chi connectivity index (χ4v) is 3.79. The maximum atomic E-state index is 5.92. The molecule has 1 aromatic carbocycles. The third-order valence-corrected chi connectivity index (χ3v) is 5.28. The van der Waals surface area contributed by atoms with Gasteiger partial charge in [0.15, 0.2) is 0 Å². The number of pyridine rings is 1. The molecule has 1 saturated heterocycles. The van der Waals surface area contributed by atoms with Crippen molar-refractivity contribution in [1.82, 2.24) is 9.88 Å². The van der Waals surface area contributed by atoms with Crippen molar-refractivity contribution in [2.45, 2.75) is 19.4 Å². The lowest BCUT2D eigenvalue weighted by atomic mass is 10.2. The van der Waals surface area contributed by atoms with Crippen LogP contribution in [0.25, 0.3) is 0 Å². The Morgan fingerprint density at radius 3 is 3.00 bits per heavy atom. The van der Waals surface area contributed by atoms with Crippen LogP contribution in [-0.2, 0) is 11.2 Å². The van der Waals surface area contributed by atoms with Gasteiger partial charge in [-0.15, -0.1) is 0 Å². The van der Waals surface area contributed by atoms with Crippen molar-refractivity contribution in [3.63, 3.8) is 0 Å². The van der Waals surface area contributed by atoms with Crippen LogP contribution in [0, 0.1) is 6.92 Å². The average Bonchev–Trinajstić information content (AvgIpc) is 3.09. The molecule has 1 aromatic heterocycles. The maximum Gasteiger partial charge on any atom is 0.140 e. The topological polar surface area (TPSA) is 37.8 Å². The van der Waals surface area contributed by atoms with E-state index in [4.69, 9.17) is 9.47 Å². The van der Waals surface area contributed by atoms with E-state index in [0.29, 0.717) is 6.61 Å². The minimum Gasteiger partial charge on any atom is -0.489 e. The largest absolute Gasteiger partial charge is 0.489 e. The molecule has 0 spiro atoms. The monoisotopic (exact) mass is 353 g/mol. The van der Waals surface area contributed by atoms with Crippen molar-refractivity contribution in [1.29, 1.82) is 0 Å². The molecule has 0 radical (unpaired) electrons. The molecule has 2 aliphatic heterocycles. The molecule has 1 unspecified atom stereocenters. The summed E-state index contributed by atoms with van der Waals surface area (Å²) in [5, 5.41) is 0. The fraction of sp³-hybridized carbons (Fsp3) is 0.476. The average molecular weight is 353 g/mol. The van der Waals surface area contributed by atoms with E-state index in [1.807, 2.05) is 19.1 Å². The molecule has 3 heterocycles. The second-order valence-electron chi connectivity index (χ2n) is 7.06. The Morgan fingerprint density at radius 2 is 2.08 bits per heavy atom. The smallest absolute Gasteiger partial charge is 0.140 e. The molecule has 0 N–H and O–H groups in total. The van der Waals surface area contributed by atoms with E-state index >= 15 is 0 Å². The molecular weight excluding hydrogens is 326 g/mol. The zero-order chi connectivity index (χ0) is 17.8. The van der Waals surface area contributed by atoms with Crippen molar-refractivity contribution in [3.8, 4) is 5.75 Å². The molecule has 2 aromatic rings. The number of aryl methyl sites for hydroxylation is 1. The number of fused-ring (bicyclic) bond motifs is 1. The van der Waals surface area contributed by atoms with E-state index in [-0.39, 0.29) is 6.10 Å². The molecule has 4 rings (SSSR count). The Hall–Kier alpha value is -2.11. The van der Waals surface area contributed by atoms with Gasteiger partial charge >= 0.3 is 0 Å². The van der Waals surface area contributed by atoms with Crippen LogP contribution in [0.3, 0.4) is 0 Å². The van der Waals surface area contributed by atoms with Gasteiger partial charge in [-0.25, -0.2) is 0 Å². The molecule has 26 heavy (non-hydrogen) atoms. The van der Waals surface area contributed by atoms with Gasteiger partial charge in [0.05, 0.1) is 12.3 Å². The Labute approximate surface area is 155 Å². The lowest BCUT2D eigenvalue weighted by molar-refractivity contribution is -0.0471. The highest BCUT2D eigenvalue weighted by Crippen LogP contribution is 2.27. The molecule has 0 saturated carbocycles. The molecule has 1 atom stereocenters. The highest BCUT2D eigenvalue weighted by atomic mass is 16.5. The lowest BCUT2D eigenvalue weighted by Crippen LogP contribution is -2.47. The molecule has 2 aliphatic rings. The van der Waals surface area contributed by atoms with E-state index in [1.165, 1.54) is 17.7 Å². The van der Waals surface area contributed by atoms with Gasteiger partial charge in [0.25, 0.3) is 0 Å². The van der Waals surface area contributed by atoms with Crippen molar-refractivity contribution in [2.24, 2.45) is 0 Å². The van der Waals surface area contributed by atoms with Crippen molar-refractivity contribution < 1.29 is 9.47 Å². The predicted molar refractivity (Wildman–Crippen MR) is 103 cm³/mol. The van der Waals surface area contributed by atoms with E-state index in [0.717, 1.165) is 50.8 Å². The van der Waals surface area contributed by atoms with Crippen molar-refractivity contribution in [3.05, 3.63) is 53.9 Å². The van der Waals surface area contributed by atoms with Crippen LogP contribution in [0.4, 0.5) is 5.69 Å². The summed E-state index contributed by atoms with van der Waals surface area (Å²) < 4.78 is 11.8. The standard InChI is InChI=1S/C21H27N3O2/c1-17-21(7-4-9-22-17)26-16-19-15-23(13-14-25-19)11-12-24-10-8-18-5-2-3-6-20(18)24/h2-7,9,19H,8,10-16H2,1H3. The van der Waals surface area contributed by atoms with Gasteiger partial charge in [0.1, 0.15) is 18.5 Å². The molecule has 5 heteroatoms. The van der Waals surface area contributed by atoms with Gasteiger partial charge in [-0.3, -0.25) is 9.88 Å². The van der Waals surface area contributed by atoms with Gasteiger partial charge < -0.3 is 14.4 Å². The van der Waals surface area contributed by atoms with Crippen LogP contribution >= 0.6 is 0 Å². The first-order valence-electron chi connectivity index (χ1n) is 9.51. The first kappa shape index (κ1) is 17.3. The van der Waals surface area contributed by atoms with Crippen LogP contribution in [0.15, 0.2) is 42.6 Å². The summed E-state index contributed by atoms with van der Waals surface area (Å²) in [6, 6.07) is 12.6. The van der Waals surface area contributed by atoms with Gasteiger partial charge in [0.2, 0.25) is 0 Å². The van der Waals surface area contributed by atoms with Crippen LogP contribution in [0.1, 0.15) is 11.3 Å². The van der Waals surface area contributed by atoms with E-state index < -0.39 is 0 Å². The zero-order valence-electron chi connectivity index (χ0n) is 15.4. The number of aromatic nitrogens is 1. The Bertz CT molecular complexity index is 737. The maximum absolute atomic E-state index is 5.92. The summed E-state index contributed by atoms with van der Waals surface area (Å²) >= 11 is 0. The van der Waals surface area contributed by atoms with E-state index in [2.05, 4.69) is 39.0 Å². The van der Waals surface area contributed by atoms with Crippen LogP contribution < -0.4 is 9.64 Å². The minimum absolute atomic E-state index is 0.120. The van der Waals surface area contributed by atoms with Gasteiger partial charge in [-0.1, -0.05) is 18.2 Å². The summed E-state index contributed by atoms with van der Waals surface area (Å²) in [5.41, 5.74) is 3.81. The van der Waals surface area contributed by atoms with Crippen LogP contribution in [0.5, 0.6) is 5.75 Å². The minimum atomic E-state index is 0.120. The predicted octanol–water partition coefficient (Wildman–Crippen LogP) is 2.53. The van der Waals surface area contributed by atoms with Crippen LogP contribution in [0.2, 0.25) is 0 Å². The number of nitrogens with zero attached hydrogens (tertiary/aromatic N) is 3. The molecule has 0 amide bonds. The number of anilines is 1. The molecule has 1 fully saturated rings. The second-order valence-corrected chi connectivity index (χ2v) is 7.06. The number of hydrogen-bond donors (Lipinski definition) is 0. The number of hydrogen-bond acceptors (Lipinski definition) is 5. The van der Waals surface area contributed by atoms with Crippen molar-refractivity contribution in [2.75, 3.05) is 50.8 Å². The Kier molecular flexibility index (Phi) is 5.37. The Morgan fingerprint density at radius 1 is 1.15 bits per heavy atom. The number of para-hydroxylation sites is 1. The molecular formula is C21H27N3O2. The summed E-state index contributed by atoms with van der Waals surface area (Å²) in [6.45, 7) is 8.53. The van der Waals surface area contributed by atoms with Gasteiger partial charge in [0, 0.05) is 44.6 Å².